The Morgan fingerprint density at radius 3 is 2.93 bits per heavy atom. The smallest absolute Gasteiger partial charge is 0.223 e. The molecule has 3 heteroatoms. The van der Waals surface area contributed by atoms with E-state index in [9.17, 15) is 9.59 Å². The first-order valence-corrected chi connectivity index (χ1v) is 5.49. The molecule has 1 amide bonds. The first-order chi connectivity index (χ1) is 6.72. The molecule has 3 nitrogen and oxygen atoms in total. The maximum atomic E-state index is 11.7. The van der Waals surface area contributed by atoms with Crippen LogP contribution in [0.15, 0.2) is 0 Å². The molecule has 0 N–H and O–H groups in total. The van der Waals surface area contributed by atoms with Gasteiger partial charge in [-0.05, 0) is 31.6 Å². The van der Waals surface area contributed by atoms with Gasteiger partial charge in [0.2, 0.25) is 5.91 Å². The molecule has 2 rings (SSSR count). The van der Waals surface area contributed by atoms with Gasteiger partial charge >= 0.3 is 0 Å². The van der Waals surface area contributed by atoms with Crippen molar-refractivity contribution in [2.24, 2.45) is 5.92 Å². The molecule has 0 spiro atoms. The molecular formula is C11H17NO2. The highest BCUT2D eigenvalue weighted by molar-refractivity contribution is 5.81. The number of fused-ring (bicyclic) bond motifs is 1. The summed E-state index contributed by atoms with van der Waals surface area (Å²) in [6, 6.07) is 0.201. The number of hydrogen-bond acceptors (Lipinski definition) is 2. The fraction of sp³-hybridized carbons (Fsp3) is 0.818. The summed E-state index contributed by atoms with van der Waals surface area (Å²) in [6.45, 7) is 2.17. The van der Waals surface area contributed by atoms with Gasteiger partial charge in [0.15, 0.2) is 0 Å². The Hall–Kier alpha value is -0.860. The highest BCUT2D eigenvalue weighted by atomic mass is 16.2. The SMILES string of the molecule is C[C@H]1C[C@H]2CCCC(=O)N2[C@H](C=O)C1. The highest BCUT2D eigenvalue weighted by Crippen LogP contribution is 2.33. The Bertz CT molecular complexity index is 252. The summed E-state index contributed by atoms with van der Waals surface area (Å²) in [5, 5.41) is 0. The Kier molecular flexibility index (Phi) is 2.57. The van der Waals surface area contributed by atoms with Crippen molar-refractivity contribution in [3.05, 3.63) is 0 Å². The lowest BCUT2D eigenvalue weighted by molar-refractivity contribution is -0.145. The zero-order valence-electron chi connectivity index (χ0n) is 8.61. The van der Waals surface area contributed by atoms with Gasteiger partial charge in [0.05, 0.1) is 6.04 Å². The van der Waals surface area contributed by atoms with Gasteiger partial charge in [0, 0.05) is 12.5 Å². The van der Waals surface area contributed by atoms with Gasteiger partial charge in [-0.25, -0.2) is 0 Å². The summed E-state index contributed by atoms with van der Waals surface area (Å²) < 4.78 is 0. The van der Waals surface area contributed by atoms with E-state index in [1.54, 1.807) is 0 Å². The van der Waals surface area contributed by atoms with Crippen molar-refractivity contribution >= 4 is 12.2 Å². The molecule has 2 saturated heterocycles. The van der Waals surface area contributed by atoms with Crippen LogP contribution in [-0.4, -0.2) is 29.2 Å². The van der Waals surface area contributed by atoms with Crippen molar-refractivity contribution in [2.45, 2.75) is 51.1 Å². The lowest BCUT2D eigenvalue weighted by Gasteiger charge is -2.45. The molecule has 0 bridgehead atoms. The van der Waals surface area contributed by atoms with Crippen LogP contribution in [0.4, 0.5) is 0 Å². The van der Waals surface area contributed by atoms with E-state index < -0.39 is 0 Å². The normalized spacial score (nSPS) is 37.9. The maximum Gasteiger partial charge on any atom is 0.223 e. The summed E-state index contributed by atoms with van der Waals surface area (Å²) in [5.74, 6) is 0.766. The van der Waals surface area contributed by atoms with Gasteiger partial charge in [-0.3, -0.25) is 4.79 Å². The van der Waals surface area contributed by atoms with Gasteiger partial charge in [-0.15, -0.1) is 0 Å². The molecule has 0 aromatic heterocycles. The summed E-state index contributed by atoms with van der Waals surface area (Å²) in [5.41, 5.74) is 0. The summed E-state index contributed by atoms with van der Waals surface area (Å²) in [6.07, 6.45) is 5.60. The zero-order chi connectivity index (χ0) is 10.1. The number of carbonyl (C=O) groups is 2. The molecule has 3 atom stereocenters. The van der Waals surface area contributed by atoms with Gasteiger partial charge in [-0.2, -0.15) is 0 Å². The van der Waals surface area contributed by atoms with Crippen molar-refractivity contribution in [3.8, 4) is 0 Å². The van der Waals surface area contributed by atoms with E-state index in [2.05, 4.69) is 6.92 Å². The molecule has 0 saturated carbocycles. The van der Waals surface area contributed by atoms with Crippen LogP contribution in [0, 0.1) is 5.92 Å². The molecule has 14 heavy (non-hydrogen) atoms. The van der Waals surface area contributed by atoms with Crippen LogP contribution in [0.5, 0.6) is 0 Å². The molecule has 0 aromatic rings. The summed E-state index contributed by atoms with van der Waals surface area (Å²) in [7, 11) is 0. The number of hydrogen-bond donors (Lipinski definition) is 0. The van der Waals surface area contributed by atoms with Crippen LogP contribution in [-0.2, 0) is 9.59 Å². The highest BCUT2D eigenvalue weighted by Gasteiger charge is 2.38. The Morgan fingerprint density at radius 2 is 2.21 bits per heavy atom. The van der Waals surface area contributed by atoms with E-state index in [4.69, 9.17) is 0 Å². The minimum atomic E-state index is -0.142. The third-order valence-electron chi connectivity index (χ3n) is 3.44. The second-order valence-corrected chi connectivity index (χ2v) is 4.63. The lowest BCUT2D eigenvalue weighted by atomic mass is 9.83. The minimum absolute atomic E-state index is 0.142. The number of aldehydes is 1. The number of carbonyl (C=O) groups excluding carboxylic acids is 2. The third-order valence-corrected chi connectivity index (χ3v) is 3.44. The maximum absolute atomic E-state index is 11.7. The van der Waals surface area contributed by atoms with E-state index in [1.165, 1.54) is 0 Å². The fourth-order valence-electron chi connectivity index (χ4n) is 2.86. The average Bonchev–Trinajstić information content (AvgIpc) is 2.16. The first-order valence-electron chi connectivity index (χ1n) is 5.49. The number of nitrogens with zero attached hydrogens (tertiary/aromatic N) is 1. The zero-order valence-corrected chi connectivity index (χ0v) is 8.61. The van der Waals surface area contributed by atoms with Crippen LogP contribution in [0.1, 0.15) is 39.0 Å². The molecule has 0 aliphatic carbocycles. The molecule has 2 fully saturated rings. The van der Waals surface area contributed by atoms with Crippen LogP contribution in [0.25, 0.3) is 0 Å². The average molecular weight is 195 g/mol. The summed E-state index contributed by atoms with van der Waals surface area (Å²) >= 11 is 0. The molecule has 0 radical (unpaired) electrons. The second kappa shape index (κ2) is 3.71. The first kappa shape index (κ1) is 9.69. The van der Waals surface area contributed by atoms with E-state index in [1.807, 2.05) is 4.90 Å². The van der Waals surface area contributed by atoms with Gasteiger partial charge in [0.25, 0.3) is 0 Å². The minimum Gasteiger partial charge on any atom is -0.330 e. The Morgan fingerprint density at radius 1 is 1.43 bits per heavy atom. The Balaban J connectivity index is 2.17. The van der Waals surface area contributed by atoms with E-state index in [-0.39, 0.29) is 11.9 Å². The molecule has 2 heterocycles. The predicted molar refractivity (Wildman–Crippen MR) is 52.7 cm³/mol. The molecule has 0 aromatic carbocycles. The fourth-order valence-corrected chi connectivity index (χ4v) is 2.86. The van der Waals surface area contributed by atoms with Crippen molar-refractivity contribution in [3.63, 3.8) is 0 Å². The monoisotopic (exact) mass is 195 g/mol. The molecule has 2 aliphatic heterocycles. The predicted octanol–water partition coefficient (Wildman–Crippen LogP) is 1.36. The molecular weight excluding hydrogens is 178 g/mol. The number of amides is 1. The van der Waals surface area contributed by atoms with Crippen LogP contribution in [0.3, 0.4) is 0 Å². The van der Waals surface area contributed by atoms with Crippen LogP contribution < -0.4 is 0 Å². The van der Waals surface area contributed by atoms with Gasteiger partial charge in [0.1, 0.15) is 6.29 Å². The Labute approximate surface area is 84.5 Å². The number of rotatable bonds is 1. The van der Waals surface area contributed by atoms with Crippen molar-refractivity contribution < 1.29 is 9.59 Å². The topological polar surface area (TPSA) is 37.4 Å². The van der Waals surface area contributed by atoms with E-state index >= 15 is 0 Å². The van der Waals surface area contributed by atoms with E-state index in [0.29, 0.717) is 18.4 Å². The van der Waals surface area contributed by atoms with Gasteiger partial charge in [-0.1, -0.05) is 6.92 Å². The van der Waals surface area contributed by atoms with Crippen molar-refractivity contribution in [1.29, 1.82) is 0 Å². The van der Waals surface area contributed by atoms with Gasteiger partial charge < -0.3 is 9.69 Å². The van der Waals surface area contributed by atoms with Crippen LogP contribution in [0.2, 0.25) is 0 Å². The third kappa shape index (κ3) is 1.56. The quantitative estimate of drug-likeness (QED) is 0.592. The van der Waals surface area contributed by atoms with E-state index in [0.717, 1.165) is 32.0 Å². The van der Waals surface area contributed by atoms with Crippen molar-refractivity contribution in [1.82, 2.24) is 4.90 Å². The molecule has 78 valence electrons. The molecule has 0 unspecified atom stereocenters. The largest absolute Gasteiger partial charge is 0.330 e. The van der Waals surface area contributed by atoms with Crippen molar-refractivity contribution in [2.75, 3.05) is 0 Å². The summed E-state index contributed by atoms with van der Waals surface area (Å²) in [4.78, 5) is 24.4. The number of piperidine rings is 2. The van der Waals surface area contributed by atoms with Crippen LogP contribution >= 0.6 is 0 Å². The standard InChI is InChI=1S/C11H17NO2/c1-8-5-9-3-2-4-11(14)12(9)10(6-8)7-13/h7-10H,2-6H2,1H3/t8-,9+,10-/m0/s1. The second-order valence-electron chi connectivity index (χ2n) is 4.63. The molecule has 2 aliphatic rings. The lowest BCUT2D eigenvalue weighted by Crippen LogP contribution is -2.54.